The number of hydrogen-bond acceptors (Lipinski definition) is 5. The Bertz CT molecular complexity index is 777. The highest BCUT2D eigenvalue weighted by Crippen LogP contribution is 2.27. The molecule has 0 bridgehead atoms. The minimum atomic E-state index is -0.297. The molecule has 1 saturated heterocycles. The van der Waals surface area contributed by atoms with Crippen molar-refractivity contribution in [1.82, 2.24) is 15.2 Å². The molecule has 1 fully saturated rings. The molecule has 130 valence electrons. The van der Waals surface area contributed by atoms with Gasteiger partial charge in [0.25, 0.3) is 5.91 Å². The van der Waals surface area contributed by atoms with Crippen molar-refractivity contribution < 1.29 is 14.3 Å². The minimum Gasteiger partial charge on any atom is -0.496 e. The molecule has 25 heavy (non-hydrogen) atoms. The van der Waals surface area contributed by atoms with E-state index < -0.39 is 0 Å². The molecule has 3 rings (SSSR count). The molecule has 0 unspecified atom stereocenters. The molecule has 1 aliphatic heterocycles. The first-order chi connectivity index (χ1) is 12.2. The Morgan fingerprint density at radius 2 is 2.00 bits per heavy atom. The van der Waals surface area contributed by atoms with E-state index in [1.165, 1.54) is 0 Å². The van der Waals surface area contributed by atoms with Crippen LogP contribution in [0.5, 0.6) is 5.75 Å². The second-order valence-electron chi connectivity index (χ2n) is 5.48. The summed E-state index contributed by atoms with van der Waals surface area (Å²) >= 11 is 0. The number of fused-ring (bicyclic) bond motifs is 1. The average molecular weight is 340 g/mol. The third kappa shape index (κ3) is 4.04. The quantitative estimate of drug-likeness (QED) is 0.914. The monoisotopic (exact) mass is 340 g/mol. The Morgan fingerprint density at radius 1 is 1.28 bits per heavy atom. The number of rotatable bonds is 4. The van der Waals surface area contributed by atoms with Crippen LogP contribution in [0.2, 0.25) is 0 Å². The number of aromatic nitrogens is 1. The van der Waals surface area contributed by atoms with Crippen LogP contribution in [-0.4, -0.2) is 48.4 Å². The maximum absolute atomic E-state index is 12.5. The van der Waals surface area contributed by atoms with E-state index in [1.807, 2.05) is 12.1 Å². The van der Waals surface area contributed by atoms with Gasteiger partial charge in [-0.05, 0) is 31.0 Å². The molecule has 0 saturated carbocycles. The molecule has 2 heterocycles. The second kappa shape index (κ2) is 8.64. The van der Waals surface area contributed by atoms with Gasteiger partial charge in [0.2, 0.25) is 5.91 Å². The SMILES string of the molecule is C#N.COc1cccc2nccc(C(=O)NCC(=O)N3CCCC3)c12. The predicted octanol–water partition coefficient (Wildman–Crippen LogP) is 1.74. The Labute approximate surface area is 146 Å². The van der Waals surface area contributed by atoms with E-state index in [4.69, 9.17) is 10.00 Å². The maximum Gasteiger partial charge on any atom is 0.252 e. The number of pyridine rings is 1. The fourth-order valence-electron chi connectivity index (χ4n) is 2.86. The third-order valence-electron chi connectivity index (χ3n) is 4.05. The highest BCUT2D eigenvalue weighted by molar-refractivity contribution is 6.08. The van der Waals surface area contributed by atoms with Crippen LogP contribution in [0, 0.1) is 11.8 Å². The summed E-state index contributed by atoms with van der Waals surface area (Å²) < 4.78 is 5.33. The van der Waals surface area contributed by atoms with Gasteiger partial charge in [0.1, 0.15) is 5.75 Å². The fraction of sp³-hybridized carbons (Fsp3) is 0.333. The summed E-state index contributed by atoms with van der Waals surface area (Å²) in [6, 6.07) is 7.08. The Morgan fingerprint density at radius 3 is 2.68 bits per heavy atom. The van der Waals surface area contributed by atoms with Crippen molar-refractivity contribution in [2.75, 3.05) is 26.7 Å². The molecule has 1 aromatic carbocycles. The van der Waals surface area contributed by atoms with Gasteiger partial charge in [-0.1, -0.05) is 6.07 Å². The highest BCUT2D eigenvalue weighted by atomic mass is 16.5. The van der Waals surface area contributed by atoms with Crippen LogP contribution in [-0.2, 0) is 4.79 Å². The number of nitriles is 1. The van der Waals surface area contributed by atoms with Crippen molar-refractivity contribution in [3.05, 3.63) is 36.0 Å². The molecular weight excluding hydrogens is 320 g/mol. The molecule has 1 aromatic heterocycles. The van der Waals surface area contributed by atoms with Crippen LogP contribution in [0.4, 0.5) is 0 Å². The molecular formula is C18H20N4O3. The Hall–Kier alpha value is -3.14. The van der Waals surface area contributed by atoms with Gasteiger partial charge in [-0.2, -0.15) is 0 Å². The van der Waals surface area contributed by atoms with E-state index >= 15 is 0 Å². The van der Waals surface area contributed by atoms with Gasteiger partial charge < -0.3 is 15.0 Å². The number of nitrogens with zero attached hydrogens (tertiary/aromatic N) is 3. The van der Waals surface area contributed by atoms with Crippen molar-refractivity contribution in [1.29, 1.82) is 5.26 Å². The fourth-order valence-corrected chi connectivity index (χ4v) is 2.86. The summed E-state index contributed by atoms with van der Waals surface area (Å²) in [4.78, 5) is 30.6. The largest absolute Gasteiger partial charge is 0.496 e. The summed E-state index contributed by atoms with van der Waals surface area (Å²) in [5.41, 5.74) is 1.14. The standard InChI is InChI=1S/C17H19N3O3.CHN/c1-23-14-6-4-5-13-16(14)12(7-8-18-13)17(22)19-11-15(21)20-9-2-3-10-20;1-2/h4-8H,2-3,9-11H2,1H3,(H,19,22);1H. The summed E-state index contributed by atoms with van der Waals surface area (Å²) in [5, 5.41) is 9.86. The maximum atomic E-state index is 12.5. The number of nitrogens with one attached hydrogen (secondary N) is 1. The molecule has 2 amide bonds. The van der Waals surface area contributed by atoms with Gasteiger partial charge in [0, 0.05) is 25.9 Å². The first-order valence-corrected chi connectivity index (χ1v) is 7.94. The molecule has 0 spiro atoms. The molecule has 7 heteroatoms. The lowest BCUT2D eigenvalue weighted by molar-refractivity contribution is -0.129. The third-order valence-corrected chi connectivity index (χ3v) is 4.05. The van der Waals surface area contributed by atoms with Gasteiger partial charge in [0.05, 0.1) is 30.1 Å². The van der Waals surface area contributed by atoms with Gasteiger partial charge in [0.15, 0.2) is 0 Å². The zero-order valence-electron chi connectivity index (χ0n) is 14.1. The zero-order valence-corrected chi connectivity index (χ0v) is 14.1. The summed E-state index contributed by atoms with van der Waals surface area (Å²) in [7, 11) is 1.56. The smallest absolute Gasteiger partial charge is 0.252 e. The second-order valence-corrected chi connectivity index (χ2v) is 5.48. The zero-order chi connectivity index (χ0) is 18.2. The number of carbonyl (C=O) groups excluding carboxylic acids is 2. The van der Waals surface area contributed by atoms with Crippen molar-refractivity contribution in [3.63, 3.8) is 0 Å². The minimum absolute atomic E-state index is 0.0117. The summed E-state index contributed by atoms with van der Waals surface area (Å²) in [5.74, 6) is 0.252. The summed E-state index contributed by atoms with van der Waals surface area (Å²) in [6.45, 7) is 5.07. The lowest BCUT2D eigenvalue weighted by Crippen LogP contribution is -2.38. The van der Waals surface area contributed by atoms with Crippen molar-refractivity contribution in [2.24, 2.45) is 0 Å². The van der Waals surface area contributed by atoms with E-state index in [1.54, 1.807) is 30.3 Å². The van der Waals surface area contributed by atoms with Crippen LogP contribution < -0.4 is 10.1 Å². The Balaban J connectivity index is 0.00000109. The molecule has 0 atom stereocenters. The number of carbonyl (C=O) groups is 2. The normalized spacial score (nSPS) is 13.0. The van der Waals surface area contributed by atoms with Gasteiger partial charge in [-0.3, -0.25) is 14.6 Å². The molecule has 1 aliphatic rings. The van der Waals surface area contributed by atoms with Crippen molar-refractivity contribution in [3.8, 4) is 12.3 Å². The van der Waals surface area contributed by atoms with Crippen LogP contribution >= 0.6 is 0 Å². The van der Waals surface area contributed by atoms with Gasteiger partial charge in [-0.15, -0.1) is 0 Å². The predicted molar refractivity (Wildman–Crippen MR) is 93.1 cm³/mol. The van der Waals surface area contributed by atoms with E-state index in [0.717, 1.165) is 25.9 Å². The molecule has 1 N–H and O–H groups in total. The lowest BCUT2D eigenvalue weighted by Gasteiger charge is -2.16. The number of ether oxygens (including phenoxy) is 1. The number of amides is 2. The first kappa shape index (κ1) is 18.2. The Kier molecular flexibility index (Phi) is 6.29. The van der Waals surface area contributed by atoms with Gasteiger partial charge >= 0.3 is 0 Å². The average Bonchev–Trinajstić information content (AvgIpc) is 3.21. The van der Waals surface area contributed by atoms with E-state index in [-0.39, 0.29) is 18.4 Å². The van der Waals surface area contributed by atoms with E-state index in [0.29, 0.717) is 22.2 Å². The number of benzene rings is 1. The van der Waals surface area contributed by atoms with Crippen LogP contribution in [0.15, 0.2) is 30.5 Å². The number of methoxy groups -OCH3 is 1. The molecule has 2 aromatic rings. The molecule has 0 radical (unpaired) electrons. The number of likely N-dealkylation sites (tertiary alicyclic amines) is 1. The van der Waals surface area contributed by atoms with Crippen molar-refractivity contribution >= 4 is 22.7 Å². The van der Waals surface area contributed by atoms with E-state index in [2.05, 4.69) is 16.9 Å². The summed E-state index contributed by atoms with van der Waals surface area (Å²) in [6.07, 6.45) is 3.65. The van der Waals surface area contributed by atoms with Gasteiger partial charge in [-0.25, -0.2) is 5.26 Å². The van der Waals surface area contributed by atoms with Crippen LogP contribution in [0.3, 0.4) is 0 Å². The number of hydrogen-bond donors (Lipinski definition) is 1. The lowest BCUT2D eigenvalue weighted by atomic mass is 10.1. The van der Waals surface area contributed by atoms with E-state index in [9.17, 15) is 9.59 Å². The molecule has 7 nitrogen and oxygen atoms in total. The topological polar surface area (TPSA) is 95.3 Å². The van der Waals surface area contributed by atoms with Crippen LogP contribution in [0.1, 0.15) is 23.2 Å². The highest BCUT2D eigenvalue weighted by Gasteiger charge is 2.19. The first-order valence-electron chi connectivity index (χ1n) is 7.94. The molecule has 0 aliphatic carbocycles. The van der Waals surface area contributed by atoms with Crippen LogP contribution in [0.25, 0.3) is 10.9 Å². The van der Waals surface area contributed by atoms with Crippen molar-refractivity contribution in [2.45, 2.75) is 12.8 Å².